The summed E-state index contributed by atoms with van der Waals surface area (Å²) in [6, 6.07) is 11.3. The molecule has 0 saturated heterocycles. The Morgan fingerprint density at radius 1 is 1.05 bits per heavy atom. The van der Waals surface area contributed by atoms with Gasteiger partial charge in [-0.3, -0.25) is 0 Å². The first-order chi connectivity index (χ1) is 9.71. The Labute approximate surface area is 121 Å². The van der Waals surface area contributed by atoms with Crippen molar-refractivity contribution in [2.24, 2.45) is 0 Å². The van der Waals surface area contributed by atoms with Crippen LogP contribution in [0.4, 0.5) is 0 Å². The van der Waals surface area contributed by atoms with Crippen molar-refractivity contribution in [1.82, 2.24) is 9.97 Å². The third-order valence-corrected chi connectivity index (χ3v) is 3.38. The van der Waals surface area contributed by atoms with E-state index in [1.807, 2.05) is 30.3 Å². The number of ether oxygens (including phenoxy) is 2. The lowest BCUT2D eigenvalue weighted by atomic mass is 10.2. The normalized spacial score (nSPS) is 10.8. The molecule has 0 amide bonds. The Kier molecular flexibility index (Phi) is 3.24. The van der Waals surface area contributed by atoms with Crippen LogP contribution in [0.3, 0.4) is 0 Å². The molecule has 0 bridgehead atoms. The Hall–Kier alpha value is -2.20. The number of aromatic nitrogens is 2. The number of rotatable bonds is 3. The molecule has 3 aromatic rings. The summed E-state index contributed by atoms with van der Waals surface area (Å²) in [5.74, 6) is 2.23. The second kappa shape index (κ2) is 5.06. The summed E-state index contributed by atoms with van der Waals surface area (Å²) in [6.07, 6.45) is 0. The minimum Gasteiger partial charge on any atom is -0.497 e. The summed E-state index contributed by atoms with van der Waals surface area (Å²) >= 11 is 6.21. The average molecular weight is 289 g/mol. The van der Waals surface area contributed by atoms with Crippen molar-refractivity contribution in [2.45, 2.75) is 0 Å². The van der Waals surface area contributed by atoms with Crippen molar-refractivity contribution in [2.75, 3.05) is 14.2 Å². The van der Waals surface area contributed by atoms with Gasteiger partial charge in [0.25, 0.3) is 0 Å². The van der Waals surface area contributed by atoms with Gasteiger partial charge in [0.2, 0.25) is 0 Å². The van der Waals surface area contributed by atoms with Gasteiger partial charge in [0.15, 0.2) is 0 Å². The number of fused-ring (bicyclic) bond motifs is 1. The monoisotopic (exact) mass is 288 g/mol. The zero-order chi connectivity index (χ0) is 14.1. The van der Waals surface area contributed by atoms with Crippen LogP contribution in [0, 0.1) is 0 Å². The van der Waals surface area contributed by atoms with Crippen LogP contribution in [0.1, 0.15) is 0 Å². The molecule has 1 heterocycles. The van der Waals surface area contributed by atoms with E-state index in [4.69, 9.17) is 21.1 Å². The zero-order valence-corrected chi connectivity index (χ0v) is 11.9. The number of hydrogen-bond acceptors (Lipinski definition) is 3. The first-order valence-corrected chi connectivity index (χ1v) is 6.46. The number of aromatic amines is 1. The first kappa shape index (κ1) is 12.8. The molecule has 0 aliphatic heterocycles. The van der Waals surface area contributed by atoms with Crippen molar-refractivity contribution in [3.8, 4) is 22.9 Å². The third-order valence-electron chi connectivity index (χ3n) is 3.09. The molecule has 3 rings (SSSR count). The van der Waals surface area contributed by atoms with Crippen LogP contribution in [-0.2, 0) is 0 Å². The fourth-order valence-electron chi connectivity index (χ4n) is 2.08. The van der Waals surface area contributed by atoms with E-state index < -0.39 is 0 Å². The van der Waals surface area contributed by atoms with Gasteiger partial charge in [-0.05, 0) is 12.1 Å². The molecule has 0 fully saturated rings. The van der Waals surface area contributed by atoms with E-state index in [0.717, 1.165) is 28.2 Å². The largest absolute Gasteiger partial charge is 0.497 e. The average Bonchev–Trinajstić information content (AvgIpc) is 2.92. The smallest absolute Gasteiger partial charge is 0.138 e. The van der Waals surface area contributed by atoms with Crippen molar-refractivity contribution >= 4 is 22.6 Å². The molecule has 102 valence electrons. The van der Waals surface area contributed by atoms with Gasteiger partial charge in [0, 0.05) is 17.7 Å². The van der Waals surface area contributed by atoms with Crippen LogP contribution in [0.25, 0.3) is 22.4 Å². The zero-order valence-electron chi connectivity index (χ0n) is 11.1. The number of H-pyrrole nitrogens is 1. The van der Waals surface area contributed by atoms with E-state index >= 15 is 0 Å². The lowest BCUT2D eigenvalue weighted by Crippen LogP contribution is -1.84. The highest BCUT2D eigenvalue weighted by Gasteiger charge is 2.10. The number of benzene rings is 2. The number of nitrogens with one attached hydrogen (secondary N) is 1. The van der Waals surface area contributed by atoms with E-state index in [1.165, 1.54) is 0 Å². The fraction of sp³-hybridized carbons (Fsp3) is 0.133. The maximum Gasteiger partial charge on any atom is 0.138 e. The quantitative estimate of drug-likeness (QED) is 0.795. The topological polar surface area (TPSA) is 47.1 Å². The predicted octanol–water partition coefficient (Wildman–Crippen LogP) is 3.90. The van der Waals surface area contributed by atoms with Gasteiger partial charge >= 0.3 is 0 Å². The van der Waals surface area contributed by atoms with E-state index in [1.54, 1.807) is 20.3 Å². The Bertz CT molecular complexity index is 768. The maximum atomic E-state index is 6.21. The van der Waals surface area contributed by atoms with Crippen molar-refractivity contribution < 1.29 is 9.47 Å². The minimum atomic E-state index is 0.560. The highest BCUT2D eigenvalue weighted by atomic mass is 35.5. The molecule has 0 aliphatic rings. The van der Waals surface area contributed by atoms with Crippen LogP contribution < -0.4 is 9.47 Å². The molecule has 0 radical (unpaired) electrons. The molecule has 1 aromatic heterocycles. The molecule has 20 heavy (non-hydrogen) atoms. The fourth-order valence-corrected chi connectivity index (χ4v) is 2.33. The van der Waals surface area contributed by atoms with Gasteiger partial charge in [-0.15, -0.1) is 0 Å². The summed E-state index contributed by atoms with van der Waals surface area (Å²) in [5.41, 5.74) is 2.51. The van der Waals surface area contributed by atoms with Crippen LogP contribution in [0.15, 0.2) is 36.4 Å². The molecule has 2 aromatic carbocycles. The maximum absolute atomic E-state index is 6.21. The van der Waals surface area contributed by atoms with E-state index in [0.29, 0.717) is 10.8 Å². The molecule has 0 atom stereocenters. The van der Waals surface area contributed by atoms with Crippen LogP contribution in [-0.4, -0.2) is 24.2 Å². The SMILES string of the molecule is COc1cccc(-c2nc3c(Cl)cc(OC)cc3[nH]2)c1. The molecule has 0 saturated carbocycles. The standard InChI is InChI=1S/C15H13ClN2O2/c1-19-10-5-3-4-9(6-10)15-17-13-8-11(20-2)7-12(16)14(13)18-15/h3-8H,1-2H3,(H,17,18). The molecule has 4 nitrogen and oxygen atoms in total. The number of methoxy groups -OCH3 is 2. The highest BCUT2D eigenvalue weighted by molar-refractivity contribution is 6.35. The van der Waals surface area contributed by atoms with E-state index in [2.05, 4.69) is 9.97 Å². The lowest BCUT2D eigenvalue weighted by Gasteiger charge is -2.01. The second-order valence-corrected chi connectivity index (χ2v) is 4.73. The van der Waals surface area contributed by atoms with Gasteiger partial charge in [0.1, 0.15) is 22.8 Å². The molecule has 0 unspecified atom stereocenters. The van der Waals surface area contributed by atoms with Crippen molar-refractivity contribution in [3.05, 3.63) is 41.4 Å². The van der Waals surface area contributed by atoms with Crippen LogP contribution in [0.5, 0.6) is 11.5 Å². The Morgan fingerprint density at radius 3 is 2.60 bits per heavy atom. The summed E-state index contributed by atoms with van der Waals surface area (Å²) in [6.45, 7) is 0. The minimum absolute atomic E-state index is 0.560. The van der Waals surface area contributed by atoms with Crippen molar-refractivity contribution in [3.63, 3.8) is 0 Å². The second-order valence-electron chi connectivity index (χ2n) is 4.32. The first-order valence-electron chi connectivity index (χ1n) is 6.09. The Morgan fingerprint density at radius 2 is 1.85 bits per heavy atom. The Balaban J connectivity index is 2.14. The third kappa shape index (κ3) is 2.18. The molecule has 0 aliphatic carbocycles. The van der Waals surface area contributed by atoms with Crippen molar-refractivity contribution in [1.29, 1.82) is 0 Å². The number of hydrogen-bond donors (Lipinski definition) is 1. The number of halogens is 1. The summed E-state index contributed by atoms with van der Waals surface area (Å²) < 4.78 is 10.4. The molecular formula is C15H13ClN2O2. The molecular weight excluding hydrogens is 276 g/mol. The number of nitrogens with zero attached hydrogens (tertiary/aromatic N) is 1. The van der Waals surface area contributed by atoms with Gasteiger partial charge in [-0.2, -0.15) is 0 Å². The van der Waals surface area contributed by atoms with Crippen LogP contribution in [0.2, 0.25) is 5.02 Å². The molecule has 1 N–H and O–H groups in total. The summed E-state index contributed by atoms with van der Waals surface area (Å²) in [4.78, 5) is 7.78. The van der Waals surface area contributed by atoms with Gasteiger partial charge in [-0.25, -0.2) is 4.98 Å². The van der Waals surface area contributed by atoms with Crippen LogP contribution >= 0.6 is 11.6 Å². The van der Waals surface area contributed by atoms with E-state index in [9.17, 15) is 0 Å². The summed E-state index contributed by atoms with van der Waals surface area (Å²) in [7, 11) is 3.25. The van der Waals surface area contributed by atoms with Gasteiger partial charge in [0.05, 0.1) is 24.8 Å². The summed E-state index contributed by atoms with van der Waals surface area (Å²) in [5, 5.41) is 0.560. The molecule has 5 heteroatoms. The van der Waals surface area contributed by atoms with E-state index in [-0.39, 0.29) is 0 Å². The molecule has 0 spiro atoms. The van der Waals surface area contributed by atoms with Gasteiger partial charge in [-0.1, -0.05) is 23.7 Å². The predicted molar refractivity (Wildman–Crippen MR) is 79.6 cm³/mol. The highest BCUT2D eigenvalue weighted by Crippen LogP contribution is 2.30. The lowest BCUT2D eigenvalue weighted by molar-refractivity contribution is 0.415. The van der Waals surface area contributed by atoms with Gasteiger partial charge < -0.3 is 14.5 Å². The number of imidazole rings is 1.